The summed E-state index contributed by atoms with van der Waals surface area (Å²) in [6, 6.07) is 14.3. The summed E-state index contributed by atoms with van der Waals surface area (Å²) in [5.41, 5.74) is 2.03. The summed E-state index contributed by atoms with van der Waals surface area (Å²) in [5, 5.41) is 0. The number of aromatic nitrogens is 1. The van der Waals surface area contributed by atoms with Crippen LogP contribution in [0.5, 0.6) is 11.5 Å². The molecule has 0 unspecified atom stereocenters. The van der Waals surface area contributed by atoms with Crippen LogP contribution in [-0.2, 0) is 23.0 Å². The fourth-order valence-corrected chi connectivity index (χ4v) is 4.85. The lowest BCUT2D eigenvalue weighted by molar-refractivity contribution is -0.274. The van der Waals surface area contributed by atoms with E-state index in [1.165, 1.54) is 35.6 Å². The minimum absolute atomic E-state index is 0.107. The Morgan fingerprint density at radius 1 is 1.03 bits per heavy atom. The molecule has 0 radical (unpaired) electrons. The molecule has 3 rings (SSSR count). The van der Waals surface area contributed by atoms with Gasteiger partial charge in [-0.1, -0.05) is 34.1 Å². The van der Waals surface area contributed by atoms with E-state index >= 15 is 0 Å². The van der Waals surface area contributed by atoms with Crippen molar-refractivity contribution in [2.24, 2.45) is 0 Å². The summed E-state index contributed by atoms with van der Waals surface area (Å²) < 4.78 is 73.5. The summed E-state index contributed by atoms with van der Waals surface area (Å²) in [5.74, 6) is 0.271. The van der Waals surface area contributed by atoms with Crippen LogP contribution >= 0.6 is 15.9 Å². The zero-order chi connectivity index (χ0) is 24.2. The summed E-state index contributed by atoms with van der Waals surface area (Å²) in [4.78, 5) is 4.08. The minimum atomic E-state index is -4.78. The molecule has 3 aromatic rings. The largest absolute Gasteiger partial charge is 0.573 e. The molecule has 0 N–H and O–H groups in total. The van der Waals surface area contributed by atoms with Crippen molar-refractivity contribution in [3.63, 3.8) is 0 Å². The van der Waals surface area contributed by atoms with Crippen LogP contribution < -0.4 is 9.47 Å². The molecule has 2 aromatic carbocycles. The topological polar surface area (TPSA) is 68.7 Å². The van der Waals surface area contributed by atoms with Crippen LogP contribution in [0.2, 0.25) is 0 Å². The van der Waals surface area contributed by atoms with Crippen LogP contribution in [0.3, 0.4) is 0 Å². The molecule has 1 aromatic heterocycles. The zero-order valence-electron chi connectivity index (χ0n) is 17.6. The van der Waals surface area contributed by atoms with E-state index in [1.54, 1.807) is 37.4 Å². The van der Waals surface area contributed by atoms with Crippen molar-refractivity contribution in [2.45, 2.75) is 24.2 Å². The van der Waals surface area contributed by atoms with E-state index in [0.717, 1.165) is 17.3 Å². The second-order valence-corrected chi connectivity index (χ2v) is 9.97. The molecule has 11 heteroatoms. The maximum Gasteiger partial charge on any atom is 0.573 e. The monoisotopic (exact) mass is 544 g/mol. The third-order valence-electron chi connectivity index (χ3n) is 4.70. The normalized spacial score (nSPS) is 12.1. The molecule has 1 heterocycles. The summed E-state index contributed by atoms with van der Waals surface area (Å²) >= 11 is 3.39. The molecule has 0 saturated carbocycles. The Balaban J connectivity index is 1.71. The maximum absolute atomic E-state index is 13.0. The van der Waals surface area contributed by atoms with Gasteiger partial charge >= 0.3 is 6.36 Å². The molecule has 176 valence electrons. The first-order chi connectivity index (χ1) is 15.5. The molecule has 0 fully saturated rings. The second kappa shape index (κ2) is 10.1. The highest BCUT2D eigenvalue weighted by Gasteiger charge is 2.31. The van der Waals surface area contributed by atoms with Crippen LogP contribution in [0, 0.1) is 0 Å². The van der Waals surface area contributed by atoms with Gasteiger partial charge in [-0.05, 0) is 47.5 Å². The van der Waals surface area contributed by atoms with Crippen molar-refractivity contribution < 1.29 is 31.1 Å². The van der Waals surface area contributed by atoms with Gasteiger partial charge in [-0.3, -0.25) is 4.98 Å². The predicted molar refractivity (Wildman–Crippen MR) is 120 cm³/mol. The molecule has 0 spiro atoms. The average Bonchev–Trinajstić information content (AvgIpc) is 2.76. The van der Waals surface area contributed by atoms with E-state index < -0.39 is 22.1 Å². The third-order valence-corrected chi connectivity index (χ3v) is 7.24. The number of pyridine rings is 1. The van der Waals surface area contributed by atoms with Crippen molar-refractivity contribution in [1.82, 2.24) is 9.29 Å². The van der Waals surface area contributed by atoms with Crippen molar-refractivity contribution >= 4 is 26.0 Å². The first kappa shape index (κ1) is 25.0. The second-order valence-electron chi connectivity index (χ2n) is 7.07. The number of hydrogen-bond acceptors (Lipinski definition) is 5. The number of nitrogens with zero attached hydrogens (tertiary/aromatic N) is 2. The molecule has 6 nitrogen and oxygen atoms in total. The van der Waals surface area contributed by atoms with Crippen LogP contribution in [-0.4, -0.2) is 38.2 Å². The Morgan fingerprint density at radius 2 is 1.70 bits per heavy atom. The summed E-state index contributed by atoms with van der Waals surface area (Å²) in [6.45, 7) is 0.183. The molecule has 0 saturated heterocycles. The van der Waals surface area contributed by atoms with Gasteiger partial charge in [-0.25, -0.2) is 8.42 Å². The molecular formula is C22H20BrF3N2O4S. The SMILES string of the molecule is COc1ccc(CN(C)S(=O)(=O)c2ccc(Cc3ccc(OC(F)(F)F)cn3)c(Br)c2)cc1. The molecule has 0 bridgehead atoms. The molecule has 0 aliphatic carbocycles. The van der Waals surface area contributed by atoms with Gasteiger partial charge in [-0.2, -0.15) is 4.31 Å². The van der Waals surface area contributed by atoms with E-state index in [9.17, 15) is 21.6 Å². The summed E-state index contributed by atoms with van der Waals surface area (Å²) in [6.07, 6.45) is -3.51. The molecule has 0 aliphatic rings. The van der Waals surface area contributed by atoms with Crippen molar-refractivity contribution in [3.8, 4) is 11.5 Å². The van der Waals surface area contributed by atoms with E-state index in [1.807, 2.05) is 0 Å². The lowest BCUT2D eigenvalue weighted by Crippen LogP contribution is -2.26. The van der Waals surface area contributed by atoms with Crippen molar-refractivity contribution in [3.05, 3.63) is 82.1 Å². The smallest absolute Gasteiger partial charge is 0.497 e. The summed E-state index contributed by atoms with van der Waals surface area (Å²) in [7, 11) is -0.703. The number of rotatable bonds is 8. The van der Waals surface area contributed by atoms with Crippen LogP contribution in [0.1, 0.15) is 16.8 Å². The first-order valence-electron chi connectivity index (χ1n) is 9.56. The maximum atomic E-state index is 13.0. The van der Waals surface area contributed by atoms with E-state index in [0.29, 0.717) is 15.9 Å². The molecule has 0 atom stereocenters. The van der Waals surface area contributed by atoms with Crippen molar-refractivity contribution in [1.29, 1.82) is 0 Å². The first-order valence-corrected chi connectivity index (χ1v) is 11.8. The Labute approximate surface area is 198 Å². The number of halogens is 4. The Hall–Kier alpha value is -2.63. The van der Waals surface area contributed by atoms with Gasteiger partial charge in [0.15, 0.2) is 0 Å². The lowest BCUT2D eigenvalue weighted by atomic mass is 10.1. The standard InChI is InChI=1S/C22H20BrF3N2O4S/c1-28(14-15-3-7-18(31-2)8-4-15)33(29,30)20-10-5-16(21(23)12-20)11-17-6-9-19(13-27-17)32-22(24,25)26/h3-10,12-13H,11,14H2,1-2H3. The highest BCUT2D eigenvalue weighted by atomic mass is 79.9. The van der Waals surface area contributed by atoms with Gasteiger partial charge in [-0.15, -0.1) is 13.2 Å². The van der Waals surface area contributed by atoms with E-state index in [4.69, 9.17) is 4.74 Å². The molecule has 33 heavy (non-hydrogen) atoms. The average molecular weight is 545 g/mol. The minimum Gasteiger partial charge on any atom is -0.497 e. The van der Waals surface area contributed by atoms with Gasteiger partial charge in [0.05, 0.1) is 18.2 Å². The predicted octanol–water partition coefficient (Wildman–Crippen LogP) is 5.16. The number of hydrogen-bond donors (Lipinski definition) is 0. The lowest BCUT2D eigenvalue weighted by Gasteiger charge is -2.18. The van der Waals surface area contributed by atoms with Gasteiger partial charge in [0.25, 0.3) is 0 Å². The molecular weight excluding hydrogens is 525 g/mol. The van der Waals surface area contributed by atoms with Gasteiger partial charge in [0.1, 0.15) is 11.5 Å². The van der Waals surface area contributed by atoms with Crippen LogP contribution in [0.25, 0.3) is 0 Å². The highest BCUT2D eigenvalue weighted by molar-refractivity contribution is 9.10. The fraction of sp³-hybridized carbons (Fsp3) is 0.227. The van der Waals surface area contributed by atoms with E-state index in [2.05, 4.69) is 25.7 Å². The fourth-order valence-electron chi connectivity index (χ4n) is 2.99. The number of benzene rings is 2. The quantitative estimate of drug-likeness (QED) is 0.391. The molecule has 0 aliphatic heterocycles. The Bertz CT molecular complexity index is 1200. The number of sulfonamides is 1. The van der Waals surface area contributed by atoms with Crippen LogP contribution in [0.4, 0.5) is 13.2 Å². The molecule has 0 amide bonds. The number of methoxy groups -OCH3 is 1. The Kier molecular flexibility index (Phi) is 7.65. The number of alkyl halides is 3. The Morgan fingerprint density at radius 3 is 2.24 bits per heavy atom. The highest BCUT2D eigenvalue weighted by Crippen LogP contribution is 2.27. The van der Waals surface area contributed by atoms with Gasteiger partial charge < -0.3 is 9.47 Å². The zero-order valence-corrected chi connectivity index (χ0v) is 20.0. The van der Waals surface area contributed by atoms with Gasteiger partial charge in [0, 0.05) is 30.2 Å². The van der Waals surface area contributed by atoms with Gasteiger partial charge in [0.2, 0.25) is 10.0 Å². The van der Waals surface area contributed by atoms with E-state index in [-0.39, 0.29) is 17.9 Å². The number of ether oxygens (including phenoxy) is 2. The van der Waals surface area contributed by atoms with Crippen LogP contribution in [0.15, 0.2) is 70.2 Å². The third kappa shape index (κ3) is 6.68. The van der Waals surface area contributed by atoms with Crippen molar-refractivity contribution in [2.75, 3.05) is 14.2 Å².